The van der Waals surface area contributed by atoms with Crippen LogP contribution < -0.4 is 9.86 Å². The Morgan fingerprint density at radius 1 is 1.37 bits per heavy atom. The van der Waals surface area contributed by atoms with Gasteiger partial charge in [-0.05, 0) is 25.1 Å². The highest BCUT2D eigenvalue weighted by atomic mass is 32.2. The summed E-state index contributed by atoms with van der Waals surface area (Å²) in [6.45, 7) is 4.91. The third-order valence-corrected chi connectivity index (χ3v) is 4.72. The van der Waals surface area contributed by atoms with E-state index >= 15 is 0 Å². The van der Waals surface area contributed by atoms with E-state index in [1.54, 1.807) is 0 Å². The number of sulfonamides is 2. The molecule has 0 aliphatic carbocycles. The number of hydrogen-bond donors (Lipinski definition) is 2. The molecule has 1 atom stereocenters. The highest BCUT2D eigenvalue weighted by Gasteiger charge is 2.22. The van der Waals surface area contributed by atoms with E-state index in [9.17, 15) is 21.2 Å². The average Bonchev–Trinajstić information content (AvgIpc) is 2.26. The van der Waals surface area contributed by atoms with Gasteiger partial charge in [-0.2, -0.15) is 0 Å². The molecule has 106 valence electrons. The Morgan fingerprint density at radius 2 is 1.95 bits per heavy atom. The van der Waals surface area contributed by atoms with E-state index in [1.165, 1.54) is 13.0 Å². The maximum absolute atomic E-state index is 13.7. The first-order valence-corrected chi connectivity index (χ1v) is 8.08. The van der Waals surface area contributed by atoms with Crippen LogP contribution in [-0.4, -0.2) is 22.9 Å². The number of halogens is 1. The number of rotatable bonds is 5. The Balaban J connectivity index is 3.27. The van der Waals surface area contributed by atoms with Crippen LogP contribution in [0.25, 0.3) is 0 Å². The molecule has 0 heterocycles. The van der Waals surface area contributed by atoms with Crippen LogP contribution in [-0.2, 0) is 20.0 Å². The summed E-state index contributed by atoms with van der Waals surface area (Å²) in [6.07, 6.45) is 1.33. The van der Waals surface area contributed by atoms with E-state index in [0.717, 1.165) is 12.1 Å². The van der Waals surface area contributed by atoms with Crippen LogP contribution in [0.1, 0.15) is 6.92 Å². The molecular weight excluding hydrogens is 295 g/mol. The molecule has 0 aromatic heterocycles. The van der Waals surface area contributed by atoms with Crippen molar-refractivity contribution in [2.45, 2.75) is 22.8 Å². The van der Waals surface area contributed by atoms with E-state index in [1.807, 2.05) is 0 Å². The molecule has 1 unspecified atom stereocenters. The Hall–Kier alpha value is -1.29. The number of hydrogen-bond acceptors (Lipinski definition) is 4. The summed E-state index contributed by atoms with van der Waals surface area (Å²) in [5.41, 5.74) is 0. The van der Waals surface area contributed by atoms with Gasteiger partial charge >= 0.3 is 0 Å². The van der Waals surface area contributed by atoms with Crippen molar-refractivity contribution in [1.82, 2.24) is 4.72 Å². The zero-order valence-electron chi connectivity index (χ0n) is 10.00. The Bertz CT molecular complexity index is 698. The summed E-state index contributed by atoms with van der Waals surface area (Å²) in [5.74, 6) is -1.20. The number of benzene rings is 1. The van der Waals surface area contributed by atoms with Gasteiger partial charge in [-0.15, -0.1) is 6.58 Å². The van der Waals surface area contributed by atoms with Gasteiger partial charge in [-0.25, -0.2) is 31.1 Å². The monoisotopic (exact) mass is 308 g/mol. The number of nitrogens with two attached hydrogens (primary N) is 1. The standard InChI is InChI=1S/C10H13FN2O4S2/c1-3-7(2)13-19(16,17)10-5-4-8(6-9(10)11)18(12,14)15/h3-7,13H,1H2,2H3,(H2,12,14,15). The molecule has 0 spiro atoms. The lowest BCUT2D eigenvalue weighted by Crippen LogP contribution is -2.31. The van der Waals surface area contributed by atoms with E-state index in [-0.39, 0.29) is 0 Å². The van der Waals surface area contributed by atoms with Gasteiger partial charge in [0.05, 0.1) is 4.90 Å². The van der Waals surface area contributed by atoms with Crippen LogP contribution >= 0.6 is 0 Å². The fourth-order valence-electron chi connectivity index (χ4n) is 1.23. The summed E-state index contributed by atoms with van der Waals surface area (Å²) in [6, 6.07) is 1.73. The van der Waals surface area contributed by atoms with Crippen molar-refractivity contribution in [3.8, 4) is 0 Å². The van der Waals surface area contributed by atoms with Gasteiger partial charge in [0, 0.05) is 6.04 Å². The largest absolute Gasteiger partial charge is 0.244 e. The predicted molar refractivity (Wildman–Crippen MR) is 67.8 cm³/mol. The Labute approximate surface area is 111 Å². The fraction of sp³-hybridized carbons (Fsp3) is 0.200. The van der Waals surface area contributed by atoms with Crippen molar-refractivity contribution in [3.63, 3.8) is 0 Å². The topological polar surface area (TPSA) is 106 Å². The van der Waals surface area contributed by atoms with Gasteiger partial charge in [0.15, 0.2) is 0 Å². The maximum atomic E-state index is 13.7. The minimum atomic E-state index is -4.10. The molecule has 0 aliphatic heterocycles. The molecule has 6 nitrogen and oxygen atoms in total. The summed E-state index contributed by atoms with van der Waals surface area (Å²) < 4.78 is 61.4. The molecule has 0 radical (unpaired) electrons. The van der Waals surface area contributed by atoms with Gasteiger partial charge in [0.2, 0.25) is 20.0 Å². The second-order valence-corrected chi connectivity index (χ2v) is 7.03. The first kappa shape index (κ1) is 15.8. The van der Waals surface area contributed by atoms with Crippen LogP contribution in [0, 0.1) is 5.82 Å². The molecule has 0 amide bonds. The second kappa shape index (κ2) is 5.37. The van der Waals surface area contributed by atoms with Crippen molar-refractivity contribution >= 4 is 20.0 Å². The SMILES string of the molecule is C=CC(C)NS(=O)(=O)c1ccc(S(N)(=O)=O)cc1F. The molecule has 19 heavy (non-hydrogen) atoms. The number of primary sulfonamides is 1. The molecule has 0 saturated heterocycles. The van der Waals surface area contributed by atoms with Crippen molar-refractivity contribution < 1.29 is 21.2 Å². The van der Waals surface area contributed by atoms with E-state index in [4.69, 9.17) is 5.14 Å². The van der Waals surface area contributed by atoms with E-state index in [2.05, 4.69) is 11.3 Å². The molecule has 3 N–H and O–H groups in total. The van der Waals surface area contributed by atoms with Crippen LogP contribution in [0.2, 0.25) is 0 Å². The molecule has 0 aliphatic rings. The lowest BCUT2D eigenvalue weighted by molar-refractivity contribution is 0.549. The Morgan fingerprint density at radius 3 is 2.37 bits per heavy atom. The fourth-order valence-corrected chi connectivity index (χ4v) is 3.03. The Kier molecular flexibility index (Phi) is 4.46. The number of nitrogens with one attached hydrogen (secondary N) is 1. The smallest absolute Gasteiger partial charge is 0.225 e. The average molecular weight is 308 g/mol. The lowest BCUT2D eigenvalue weighted by Gasteiger charge is -2.11. The molecule has 0 fully saturated rings. The van der Waals surface area contributed by atoms with Crippen molar-refractivity contribution in [2.75, 3.05) is 0 Å². The van der Waals surface area contributed by atoms with Crippen molar-refractivity contribution in [2.24, 2.45) is 5.14 Å². The van der Waals surface area contributed by atoms with Gasteiger partial charge in [0.1, 0.15) is 10.7 Å². The minimum absolute atomic E-state index is 0.499. The first-order valence-electron chi connectivity index (χ1n) is 5.05. The first-order chi connectivity index (χ1) is 8.58. The quantitative estimate of drug-likeness (QED) is 0.764. The van der Waals surface area contributed by atoms with Gasteiger partial charge in [0.25, 0.3) is 0 Å². The van der Waals surface area contributed by atoms with Crippen LogP contribution in [0.5, 0.6) is 0 Å². The van der Waals surface area contributed by atoms with Crippen LogP contribution in [0.15, 0.2) is 40.6 Å². The molecule has 1 aromatic carbocycles. The van der Waals surface area contributed by atoms with Crippen molar-refractivity contribution in [1.29, 1.82) is 0 Å². The predicted octanol–water partition coefficient (Wildman–Crippen LogP) is 0.326. The second-order valence-electron chi connectivity index (χ2n) is 3.78. The summed E-state index contributed by atoms with van der Waals surface area (Å²) in [7, 11) is -8.18. The van der Waals surface area contributed by atoms with Gasteiger partial charge < -0.3 is 0 Å². The molecule has 0 bridgehead atoms. The summed E-state index contributed by atoms with van der Waals surface area (Å²) in [5, 5.41) is 4.81. The molecule has 1 rings (SSSR count). The molecule has 0 saturated carbocycles. The molecular formula is C10H13FN2O4S2. The highest BCUT2D eigenvalue weighted by Crippen LogP contribution is 2.18. The third kappa shape index (κ3) is 3.83. The van der Waals surface area contributed by atoms with Gasteiger partial charge in [-0.1, -0.05) is 6.08 Å². The normalized spacial score (nSPS) is 14.1. The van der Waals surface area contributed by atoms with Crippen molar-refractivity contribution in [3.05, 3.63) is 36.7 Å². The minimum Gasteiger partial charge on any atom is -0.225 e. The lowest BCUT2D eigenvalue weighted by atomic mass is 10.3. The highest BCUT2D eigenvalue weighted by molar-refractivity contribution is 7.89. The van der Waals surface area contributed by atoms with E-state index < -0.39 is 41.7 Å². The van der Waals surface area contributed by atoms with E-state index in [0.29, 0.717) is 6.07 Å². The summed E-state index contributed by atoms with van der Waals surface area (Å²) >= 11 is 0. The van der Waals surface area contributed by atoms with Gasteiger partial charge in [-0.3, -0.25) is 0 Å². The maximum Gasteiger partial charge on any atom is 0.244 e. The third-order valence-electron chi connectivity index (χ3n) is 2.22. The zero-order chi connectivity index (χ0) is 14.8. The summed E-state index contributed by atoms with van der Waals surface area (Å²) in [4.78, 5) is -1.16. The molecule has 9 heteroatoms. The van der Waals surface area contributed by atoms with Crippen LogP contribution in [0.3, 0.4) is 0 Å². The molecule has 1 aromatic rings. The van der Waals surface area contributed by atoms with Crippen LogP contribution in [0.4, 0.5) is 4.39 Å². The zero-order valence-corrected chi connectivity index (χ0v) is 11.6.